The number of carbonyl (C=O) groups excluding carboxylic acids is 2. The molecule has 2 aromatic rings. The molecule has 6 nitrogen and oxygen atoms in total. The van der Waals surface area contributed by atoms with Gasteiger partial charge in [0.05, 0.1) is 0 Å². The topological polar surface area (TPSA) is 76.9 Å². The van der Waals surface area contributed by atoms with Crippen molar-refractivity contribution in [3.05, 3.63) is 29.0 Å². The number of aryl methyl sites for hydroxylation is 1. The lowest BCUT2D eigenvalue weighted by molar-refractivity contribution is 0.1000. The maximum atomic E-state index is 11.8. The molecule has 0 bridgehead atoms. The highest BCUT2D eigenvalue weighted by atomic mass is 32.1. The van der Waals surface area contributed by atoms with Crippen LogP contribution in [-0.2, 0) is 7.05 Å². The summed E-state index contributed by atoms with van der Waals surface area (Å²) in [5, 5.41) is 8.53. The van der Waals surface area contributed by atoms with Crippen molar-refractivity contribution in [2.75, 3.05) is 5.32 Å². The van der Waals surface area contributed by atoms with Crippen molar-refractivity contribution in [2.24, 2.45) is 7.05 Å². The quantitative estimate of drug-likeness (QED) is 0.834. The van der Waals surface area contributed by atoms with Crippen molar-refractivity contribution in [3.8, 4) is 0 Å². The Morgan fingerprint density at radius 1 is 1.47 bits per heavy atom. The number of carbonyl (C=O) groups is 2. The first kappa shape index (κ1) is 11.5. The van der Waals surface area contributed by atoms with Crippen molar-refractivity contribution < 1.29 is 9.59 Å². The summed E-state index contributed by atoms with van der Waals surface area (Å²) in [4.78, 5) is 26.8. The predicted octanol–water partition coefficient (Wildman–Crippen LogP) is 1.33. The van der Waals surface area contributed by atoms with Crippen LogP contribution >= 0.6 is 11.3 Å². The van der Waals surface area contributed by atoms with E-state index in [1.165, 1.54) is 29.1 Å². The molecule has 1 N–H and O–H groups in total. The van der Waals surface area contributed by atoms with Crippen LogP contribution < -0.4 is 5.32 Å². The van der Waals surface area contributed by atoms with Crippen LogP contribution in [0.3, 0.4) is 0 Å². The Kier molecular flexibility index (Phi) is 3.01. The molecular weight excluding hydrogens is 240 g/mol. The molecule has 88 valence electrons. The van der Waals surface area contributed by atoms with Gasteiger partial charge in [0.15, 0.2) is 10.9 Å². The molecule has 0 saturated carbocycles. The first-order chi connectivity index (χ1) is 8.08. The van der Waals surface area contributed by atoms with Gasteiger partial charge in [-0.1, -0.05) is 0 Å². The summed E-state index contributed by atoms with van der Waals surface area (Å²) in [7, 11) is 1.68. The van der Waals surface area contributed by atoms with Crippen molar-refractivity contribution in [1.82, 2.24) is 14.8 Å². The summed E-state index contributed by atoms with van der Waals surface area (Å²) in [6.45, 7) is 1.43. The highest BCUT2D eigenvalue weighted by Gasteiger charge is 2.13. The molecule has 2 aromatic heterocycles. The van der Waals surface area contributed by atoms with Gasteiger partial charge in [0, 0.05) is 25.5 Å². The van der Waals surface area contributed by atoms with E-state index < -0.39 is 0 Å². The van der Waals surface area contributed by atoms with Gasteiger partial charge in [-0.15, -0.1) is 11.3 Å². The minimum Gasteiger partial charge on any atom is -0.296 e. The zero-order valence-corrected chi connectivity index (χ0v) is 10.1. The van der Waals surface area contributed by atoms with Gasteiger partial charge in [-0.3, -0.25) is 19.6 Å². The second kappa shape index (κ2) is 4.46. The Labute approximate surface area is 101 Å². The molecule has 0 saturated heterocycles. The van der Waals surface area contributed by atoms with Crippen LogP contribution in [0.15, 0.2) is 17.6 Å². The Morgan fingerprint density at radius 3 is 2.76 bits per heavy atom. The van der Waals surface area contributed by atoms with Crippen molar-refractivity contribution in [3.63, 3.8) is 0 Å². The highest BCUT2D eigenvalue weighted by Crippen LogP contribution is 2.16. The Balaban J connectivity index is 2.13. The SMILES string of the molecule is CC(=O)c1csc(NC(=O)c2ccnn2C)n1. The molecule has 0 fully saturated rings. The van der Waals surface area contributed by atoms with Gasteiger partial charge in [-0.05, 0) is 6.07 Å². The maximum Gasteiger partial charge on any atom is 0.275 e. The van der Waals surface area contributed by atoms with Gasteiger partial charge in [-0.25, -0.2) is 4.98 Å². The van der Waals surface area contributed by atoms with Gasteiger partial charge in [-0.2, -0.15) is 5.10 Å². The van der Waals surface area contributed by atoms with Crippen LogP contribution in [-0.4, -0.2) is 26.5 Å². The fourth-order valence-corrected chi connectivity index (χ4v) is 2.00. The van der Waals surface area contributed by atoms with Gasteiger partial charge < -0.3 is 0 Å². The van der Waals surface area contributed by atoms with E-state index in [2.05, 4.69) is 15.4 Å². The summed E-state index contributed by atoms with van der Waals surface area (Å²) < 4.78 is 1.47. The molecule has 0 aliphatic heterocycles. The number of Topliss-reactive ketones (excluding diaryl/α,β-unsaturated/α-hetero) is 1. The zero-order valence-electron chi connectivity index (χ0n) is 9.30. The van der Waals surface area contributed by atoms with Gasteiger partial charge in [0.2, 0.25) is 0 Å². The summed E-state index contributed by atoms with van der Waals surface area (Å²) in [5.41, 5.74) is 0.792. The number of aromatic nitrogens is 3. The third-order valence-electron chi connectivity index (χ3n) is 2.14. The number of amides is 1. The van der Waals surface area contributed by atoms with E-state index in [-0.39, 0.29) is 11.7 Å². The summed E-state index contributed by atoms with van der Waals surface area (Å²) in [6.07, 6.45) is 1.54. The largest absolute Gasteiger partial charge is 0.296 e. The maximum absolute atomic E-state index is 11.8. The fourth-order valence-electron chi connectivity index (χ4n) is 1.25. The lowest BCUT2D eigenvalue weighted by Crippen LogP contribution is -2.16. The van der Waals surface area contributed by atoms with E-state index in [0.717, 1.165) is 0 Å². The monoisotopic (exact) mass is 250 g/mol. The van der Waals surface area contributed by atoms with Crippen LogP contribution in [0.5, 0.6) is 0 Å². The van der Waals surface area contributed by atoms with Gasteiger partial charge >= 0.3 is 0 Å². The first-order valence-electron chi connectivity index (χ1n) is 4.83. The molecule has 7 heteroatoms. The fraction of sp³-hybridized carbons (Fsp3) is 0.200. The second-order valence-electron chi connectivity index (χ2n) is 3.39. The standard InChI is InChI=1S/C10H10N4O2S/c1-6(15)7-5-17-10(12-7)13-9(16)8-3-4-11-14(8)2/h3-5H,1-2H3,(H,12,13,16). The van der Waals surface area contributed by atoms with Crippen molar-refractivity contribution >= 4 is 28.2 Å². The van der Waals surface area contributed by atoms with Gasteiger partial charge in [0.25, 0.3) is 5.91 Å². The Bertz CT molecular complexity index is 572. The molecule has 0 spiro atoms. The number of hydrogen-bond acceptors (Lipinski definition) is 5. The average molecular weight is 250 g/mol. The number of nitrogens with one attached hydrogen (secondary N) is 1. The molecule has 2 heterocycles. The third kappa shape index (κ3) is 2.39. The molecule has 17 heavy (non-hydrogen) atoms. The lowest BCUT2D eigenvalue weighted by Gasteiger charge is -2.01. The molecule has 0 atom stereocenters. The molecule has 0 unspecified atom stereocenters. The molecule has 0 aliphatic rings. The van der Waals surface area contributed by atoms with Crippen LogP contribution in [0.25, 0.3) is 0 Å². The normalized spacial score (nSPS) is 10.2. The summed E-state index contributed by atoms with van der Waals surface area (Å²) in [6, 6.07) is 1.61. The number of anilines is 1. The Morgan fingerprint density at radius 2 is 2.24 bits per heavy atom. The second-order valence-corrected chi connectivity index (χ2v) is 4.25. The van der Waals surface area contributed by atoms with E-state index in [9.17, 15) is 9.59 Å². The van der Waals surface area contributed by atoms with E-state index >= 15 is 0 Å². The van der Waals surface area contributed by atoms with Crippen molar-refractivity contribution in [2.45, 2.75) is 6.92 Å². The predicted molar refractivity (Wildman–Crippen MR) is 63.3 cm³/mol. The van der Waals surface area contributed by atoms with Crippen LogP contribution in [0.4, 0.5) is 5.13 Å². The number of thiazole rings is 1. The molecular formula is C10H10N4O2S. The van der Waals surface area contributed by atoms with E-state index in [1.54, 1.807) is 18.5 Å². The summed E-state index contributed by atoms with van der Waals surface area (Å²) >= 11 is 1.22. The van der Waals surface area contributed by atoms with Gasteiger partial charge in [0.1, 0.15) is 11.4 Å². The number of rotatable bonds is 3. The van der Waals surface area contributed by atoms with Crippen LogP contribution in [0, 0.1) is 0 Å². The molecule has 0 aliphatic carbocycles. The third-order valence-corrected chi connectivity index (χ3v) is 2.90. The van der Waals surface area contributed by atoms with E-state index in [0.29, 0.717) is 16.5 Å². The minimum absolute atomic E-state index is 0.123. The lowest BCUT2D eigenvalue weighted by atomic mass is 10.4. The minimum atomic E-state index is -0.297. The Hall–Kier alpha value is -2.02. The molecule has 1 amide bonds. The molecule has 0 radical (unpaired) electrons. The van der Waals surface area contributed by atoms with Crippen LogP contribution in [0.1, 0.15) is 27.9 Å². The average Bonchev–Trinajstić information content (AvgIpc) is 2.86. The number of ketones is 1. The summed E-state index contributed by atoms with van der Waals surface area (Å²) in [5.74, 6) is -0.420. The molecule has 2 rings (SSSR count). The van der Waals surface area contributed by atoms with E-state index in [1.807, 2.05) is 0 Å². The highest BCUT2D eigenvalue weighted by molar-refractivity contribution is 7.14. The van der Waals surface area contributed by atoms with Crippen molar-refractivity contribution in [1.29, 1.82) is 0 Å². The zero-order chi connectivity index (χ0) is 12.4. The smallest absolute Gasteiger partial charge is 0.275 e. The first-order valence-corrected chi connectivity index (χ1v) is 5.71. The number of nitrogens with zero attached hydrogens (tertiary/aromatic N) is 3. The van der Waals surface area contributed by atoms with Crippen LogP contribution in [0.2, 0.25) is 0 Å². The molecule has 0 aromatic carbocycles. The number of hydrogen-bond donors (Lipinski definition) is 1. The van der Waals surface area contributed by atoms with E-state index in [4.69, 9.17) is 0 Å².